The summed E-state index contributed by atoms with van der Waals surface area (Å²) in [5.41, 5.74) is 1.59. The van der Waals surface area contributed by atoms with Crippen molar-refractivity contribution < 1.29 is 14.3 Å². The number of halogens is 2. The highest BCUT2D eigenvalue weighted by molar-refractivity contribution is 7.99. The first-order valence-corrected chi connectivity index (χ1v) is 12.4. The third-order valence-corrected chi connectivity index (χ3v) is 7.43. The lowest BCUT2D eigenvalue weighted by Gasteiger charge is -2.25. The second-order valence-electron chi connectivity index (χ2n) is 7.00. The van der Waals surface area contributed by atoms with Gasteiger partial charge < -0.3 is 10.1 Å². The molecule has 0 radical (unpaired) electrons. The first-order valence-electron chi connectivity index (χ1n) is 10.2. The maximum absolute atomic E-state index is 12.6. The molecule has 1 aromatic carbocycles. The number of nitrogens with one attached hydrogen (secondary N) is 1. The summed E-state index contributed by atoms with van der Waals surface area (Å²) >= 11 is 9.11. The molecular formula is C22H28Cl2N2O3S2. The topological polar surface area (TPSA) is 58.6 Å². The van der Waals surface area contributed by atoms with Gasteiger partial charge in [-0.05, 0) is 61.9 Å². The van der Waals surface area contributed by atoms with E-state index in [1.807, 2.05) is 24.3 Å². The van der Waals surface area contributed by atoms with Gasteiger partial charge in [-0.3, -0.25) is 9.69 Å². The zero-order chi connectivity index (χ0) is 21.5. The lowest BCUT2D eigenvalue weighted by Crippen LogP contribution is -2.30. The number of thioether (sulfide) groups is 1. The van der Waals surface area contributed by atoms with E-state index < -0.39 is 0 Å². The highest BCUT2D eigenvalue weighted by Crippen LogP contribution is 2.37. The number of esters is 1. The predicted octanol–water partition coefficient (Wildman–Crippen LogP) is 5.89. The van der Waals surface area contributed by atoms with E-state index in [0.29, 0.717) is 23.6 Å². The number of nitrogens with zero attached hydrogens (tertiary/aromatic N) is 1. The fraction of sp³-hybridized carbons (Fsp3) is 0.455. The van der Waals surface area contributed by atoms with Gasteiger partial charge in [0.15, 0.2) is 0 Å². The van der Waals surface area contributed by atoms with Gasteiger partial charge in [-0.25, -0.2) is 4.79 Å². The number of ether oxygens (including phenoxy) is 1. The van der Waals surface area contributed by atoms with Crippen LogP contribution in [0.2, 0.25) is 5.02 Å². The highest BCUT2D eigenvalue weighted by Gasteiger charge is 2.29. The molecule has 0 atom stereocenters. The number of amides is 1. The van der Waals surface area contributed by atoms with E-state index >= 15 is 0 Å². The Morgan fingerprint density at radius 1 is 1.26 bits per heavy atom. The average molecular weight is 504 g/mol. The fourth-order valence-corrected chi connectivity index (χ4v) is 5.65. The molecule has 1 aromatic heterocycles. The lowest BCUT2D eigenvalue weighted by atomic mass is 10.0. The standard InChI is InChI=1S/C22H27ClN2O3S2.ClH/c1-3-25-12-11-17-18(14-25)30-21(20(17)22(27)28-4-2)24-19(26)6-5-13-29-16-9-7-15(23)8-10-16;/h7-10H,3-6,11-14H2,1-2H3,(H,24,26);1H. The van der Waals surface area contributed by atoms with Crippen LogP contribution in [0, 0.1) is 0 Å². The summed E-state index contributed by atoms with van der Waals surface area (Å²) in [6, 6.07) is 7.69. The number of fused-ring (bicyclic) bond motifs is 1. The zero-order valence-corrected chi connectivity index (χ0v) is 20.9. The molecule has 1 amide bonds. The number of thiophene rings is 1. The minimum Gasteiger partial charge on any atom is -0.462 e. The molecule has 1 N–H and O–H groups in total. The van der Waals surface area contributed by atoms with Crippen molar-refractivity contribution in [2.24, 2.45) is 0 Å². The Morgan fingerprint density at radius 2 is 2.00 bits per heavy atom. The molecule has 0 spiro atoms. The molecular weight excluding hydrogens is 475 g/mol. The first-order chi connectivity index (χ1) is 14.5. The van der Waals surface area contributed by atoms with Gasteiger partial charge in [0, 0.05) is 34.3 Å². The molecule has 31 heavy (non-hydrogen) atoms. The van der Waals surface area contributed by atoms with Gasteiger partial charge in [0.1, 0.15) is 5.00 Å². The molecule has 2 heterocycles. The summed E-state index contributed by atoms with van der Waals surface area (Å²) in [7, 11) is 0. The molecule has 2 aromatic rings. The van der Waals surface area contributed by atoms with Gasteiger partial charge in [-0.15, -0.1) is 35.5 Å². The Balaban J connectivity index is 0.00000341. The summed E-state index contributed by atoms with van der Waals surface area (Å²) in [5, 5.41) is 4.33. The number of rotatable bonds is 9. The van der Waals surface area contributed by atoms with E-state index in [1.54, 1.807) is 18.7 Å². The van der Waals surface area contributed by atoms with Crippen LogP contribution in [0.5, 0.6) is 0 Å². The average Bonchev–Trinajstić information content (AvgIpc) is 3.09. The van der Waals surface area contributed by atoms with Gasteiger partial charge >= 0.3 is 5.97 Å². The van der Waals surface area contributed by atoms with E-state index in [2.05, 4.69) is 17.1 Å². The van der Waals surface area contributed by atoms with Crippen LogP contribution >= 0.6 is 47.1 Å². The molecule has 5 nitrogen and oxygen atoms in total. The van der Waals surface area contributed by atoms with E-state index in [0.717, 1.165) is 58.6 Å². The van der Waals surface area contributed by atoms with Crippen molar-refractivity contribution in [3.05, 3.63) is 45.3 Å². The molecule has 0 fully saturated rings. The van der Waals surface area contributed by atoms with Crippen molar-refractivity contribution in [2.75, 3.05) is 30.8 Å². The second-order valence-corrected chi connectivity index (χ2v) is 9.71. The first kappa shape index (κ1) is 26.0. The van der Waals surface area contributed by atoms with Gasteiger partial charge in [-0.2, -0.15) is 0 Å². The van der Waals surface area contributed by atoms with Crippen molar-refractivity contribution >= 4 is 64.0 Å². The molecule has 1 aliphatic heterocycles. The Labute approximate surface area is 203 Å². The van der Waals surface area contributed by atoms with Gasteiger partial charge in [0.25, 0.3) is 0 Å². The third kappa shape index (κ3) is 7.12. The molecule has 0 bridgehead atoms. The largest absolute Gasteiger partial charge is 0.462 e. The highest BCUT2D eigenvalue weighted by atomic mass is 35.5. The Kier molecular flexibility index (Phi) is 10.7. The molecule has 1 aliphatic rings. The van der Waals surface area contributed by atoms with Crippen LogP contribution in [0.3, 0.4) is 0 Å². The van der Waals surface area contributed by atoms with Crippen LogP contribution in [0.25, 0.3) is 0 Å². The summed E-state index contributed by atoms with van der Waals surface area (Å²) in [4.78, 5) is 29.7. The molecule has 0 unspecified atom stereocenters. The molecule has 170 valence electrons. The Morgan fingerprint density at radius 3 is 2.68 bits per heavy atom. The van der Waals surface area contributed by atoms with E-state index in [9.17, 15) is 9.59 Å². The zero-order valence-electron chi connectivity index (χ0n) is 17.7. The Bertz CT molecular complexity index is 888. The summed E-state index contributed by atoms with van der Waals surface area (Å²) in [6.07, 6.45) is 1.97. The maximum atomic E-state index is 12.6. The van der Waals surface area contributed by atoms with Gasteiger partial charge in [0.2, 0.25) is 5.91 Å². The van der Waals surface area contributed by atoms with Crippen LogP contribution in [-0.2, 0) is 22.5 Å². The summed E-state index contributed by atoms with van der Waals surface area (Å²) < 4.78 is 5.27. The predicted molar refractivity (Wildman–Crippen MR) is 132 cm³/mol. The van der Waals surface area contributed by atoms with Crippen LogP contribution in [0.1, 0.15) is 47.5 Å². The normalized spacial score (nSPS) is 13.3. The Hall–Kier alpha value is -1.25. The number of carbonyl (C=O) groups is 2. The monoisotopic (exact) mass is 502 g/mol. The number of benzene rings is 1. The van der Waals surface area contributed by atoms with Crippen LogP contribution in [0.4, 0.5) is 5.00 Å². The van der Waals surface area contributed by atoms with Gasteiger partial charge in [0.05, 0.1) is 12.2 Å². The number of anilines is 1. The summed E-state index contributed by atoms with van der Waals surface area (Å²) in [6.45, 7) is 6.96. The smallest absolute Gasteiger partial charge is 0.341 e. The van der Waals surface area contributed by atoms with E-state index in [4.69, 9.17) is 16.3 Å². The van der Waals surface area contributed by atoms with Crippen LogP contribution in [0.15, 0.2) is 29.2 Å². The van der Waals surface area contributed by atoms with Crippen molar-refractivity contribution in [1.29, 1.82) is 0 Å². The van der Waals surface area contributed by atoms with Crippen molar-refractivity contribution in [1.82, 2.24) is 4.90 Å². The minimum atomic E-state index is -0.339. The molecule has 9 heteroatoms. The maximum Gasteiger partial charge on any atom is 0.341 e. The van der Waals surface area contributed by atoms with E-state index in [-0.39, 0.29) is 24.3 Å². The van der Waals surface area contributed by atoms with Crippen molar-refractivity contribution in [2.45, 2.75) is 44.6 Å². The molecule has 0 aliphatic carbocycles. The molecule has 3 rings (SSSR count). The lowest BCUT2D eigenvalue weighted by molar-refractivity contribution is -0.116. The number of hydrogen-bond donors (Lipinski definition) is 1. The molecule has 0 saturated heterocycles. The fourth-order valence-electron chi connectivity index (χ4n) is 3.38. The minimum absolute atomic E-state index is 0. The number of likely N-dealkylation sites (N-methyl/N-ethyl adjacent to an activating group) is 1. The van der Waals surface area contributed by atoms with Crippen molar-refractivity contribution in [3.63, 3.8) is 0 Å². The quantitative estimate of drug-likeness (QED) is 0.263. The van der Waals surface area contributed by atoms with Crippen molar-refractivity contribution in [3.8, 4) is 0 Å². The number of hydrogen-bond acceptors (Lipinski definition) is 6. The van der Waals surface area contributed by atoms with Gasteiger partial charge in [-0.1, -0.05) is 18.5 Å². The van der Waals surface area contributed by atoms with Crippen LogP contribution in [-0.4, -0.2) is 42.2 Å². The van der Waals surface area contributed by atoms with Crippen LogP contribution < -0.4 is 5.32 Å². The molecule has 0 saturated carbocycles. The third-order valence-electron chi connectivity index (χ3n) is 4.95. The number of carbonyl (C=O) groups excluding carboxylic acids is 2. The van der Waals surface area contributed by atoms with E-state index in [1.165, 1.54) is 11.3 Å². The SMILES string of the molecule is CCOC(=O)c1c(NC(=O)CCCSc2ccc(Cl)cc2)sc2c1CCN(CC)C2.Cl. The summed E-state index contributed by atoms with van der Waals surface area (Å²) in [5.74, 6) is 0.434. The second kappa shape index (κ2) is 12.7.